The SMILES string of the molecule is Cc1n[nH]c(C)c1C(=O)NC(C(=O)O)c1ccccc1. The number of aliphatic carboxylic acids is 1. The van der Waals surface area contributed by atoms with E-state index in [0.717, 1.165) is 0 Å². The first-order valence-corrected chi connectivity index (χ1v) is 6.11. The average Bonchev–Trinajstić information content (AvgIpc) is 2.76. The fourth-order valence-electron chi connectivity index (χ4n) is 2.02. The Bertz CT molecular complexity index is 615. The molecule has 2 aromatic rings. The summed E-state index contributed by atoms with van der Waals surface area (Å²) in [6.07, 6.45) is 0. The fourth-order valence-corrected chi connectivity index (χ4v) is 2.02. The lowest BCUT2D eigenvalue weighted by Gasteiger charge is -2.15. The molecule has 0 radical (unpaired) electrons. The van der Waals surface area contributed by atoms with Gasteiger partial charge in [0, 0.05) is 5.69 Å². The molecule has 1 aromatic carbocycles. The van der Waals surface area contributed by atoms with E-state index >= 15 is 0 Å². The maximum absolute atomic E-state index is 12.2. The molecule has 0 saturated carbocycles. The number of rotatable bonds is 4. The van der Waals surface area contributed by atoms with Gasteiger partial charge >= 0.3 is 5.97 Å². The van der Waals surface area contributed by atoms with Gasteiger partial charge in [0.1, 0.15) is 0 Å². The number of carboxylic acid groups (broad SMARTS) is 1. The van der Waals surface area contributed by atoms with Gasteiger partial charge in [0.2, 0.25) is 0 Å². The Labute approximate surface area is 115 Å². The Kier molecular flexibility index (Phi) is 3.84. The number of aromatic amines is 1. The van der Waals surface area contributed by atoms with Crippen molar-refractivity contribution in [1.82, 2.24) is 15.5 Å². The third kappa shape index (κ3) is 2.69. The predicted octanol–water partition coefficient (Wildman–Crippen LogP) is 1.58. The zero-order valence-corrected chi connectivity index (χ0v) is 11.2. The van der Waals surface area contributed by atoms with Crippen LogP contribution >= 0.6 is 0 Å². The van der Waals surface area contributed by atoms with Crippen LogP contribution in [-0.4, -0.2) is 27.2 Å². The second kappa shape index (κ2) is 5.56. The van der Waals surface area contributed by atoms with Crippen molar-refractivity contribution < 1.29 is 14.7 Å². The normalized spacial score (nSPS) is 11.9. The van der Waals surface area contributed by atoms with Crippen molar-refractivity contribution in [2.45, 2.75) is 19.9 Å². The van der Waals surface area contributed by atoms with Crippen molar-refractivity contribution in [1.29, 1.82) is 0 Å². The Balaban J connectivity index is 2.26. The van der Waals surface area contributed by atoms with Crippen LogP contribution in [0.25, 0.3) is 0 Å². The monoisotopic (exact) mass is 273 g/mol. The lowest BCUT2D eigenvalue weighted by atomic mass is 10.1. The van der Waals surface area contributed by atoms with Crippen LogP contribution in [0.2, 0.25) is 0 Å². The number of hydrogen-bond acceptors (Lipinski definition) is 3. The minimum atomic E-state index is -1.11. The average molecular weight is 273 g/mol. The summed E-state index contributed by atoms with van der Waals surface area (Å²) in [5.74, 6) is -1.56. The first kappa shape index (κ1) is 13.8. The lowest BCUT2D eigenvalue weighted by Crippen LogP contribution is -2.34. The number of benzene rings is 1. The molecule has 1 unspecified atom stereocenters. The highest BCUT2D eigenvalue weighted by molar-refractivity contribution is 5.98. The minimum Gasteiger partial charge on any atom is -0.479 e. The number of carboxylic acids is 1. The first-order chi connectivity index (χ1) is 9.50. The standard InChI is InChI=1S/C14H15N3O3/c1-8-11(9(2)17-16-8)13(18)15-12(14(19)20)10-6-4-3-5-7-10/h3-7,12H,1-2H3,(H,15,18)(H,16,17)(H,19,20). The van der Waals surface area contributed by atoms with Crippen molar-refractivity contribution in [2.24, 2.45) is 0 Å². The summed E-state index contributed by atoms with van der Waals surface area (Å²) in [6, 6.07) is 7.48. The molecule has 0 spiro atoms. The van der Waals surface area contributed by atoms with Crippen LogP contribution in [-0.2, 0) is 4.79 Å². The van der Waals surface area contributed by atoms with Crippen LogP contribution in [0.5, 0.6) is 0 Å². The van der Waals surface area contributed by atoms with E-state index in [2.05, 4.69) is 15.5 Å². The van der Waals surface area contributed by atoms with Crippen molar-refractivity contribution >= 4 is 11.9 Å². The van der Waals surface area contributed by atoms with Gasteiger partial charge in [-0.1, -0.05) is 30.3 Å². The largest absolute Gasteiger partial charge is 0.479 e. The van der Waals surface area contributed by atoms with Crippen LogP contribution in [0.15, 0.2) is 30.3 Å². The topological polar surface area (TPSA) is 95.1 Å². The molecule has 20 heavy (non-hydrogen) atoms. The van der Waals surface area contributed by atoms with Crippen LogP contribution in [0.1, 0.15) is 33.4 Å². The van der Waals surface area contributed by atoms with Crippen molar-refractivity contribution in [3.8, 4) is 0 Å². The highest BCUT2D eigenvalue weighted by Gasteiger charge is 2.24. The maximum atomic E-state index is 12.2. The summed E-state index contributed by atoms with van der Waals surface area (Å²) < 4.78 is 0. The number of aryl methyl sites for hydroxylation is 2. The Morgan fingerprint density at radius 1 is 1.25 bits per heavy atom. The molecule has 0 saturated heterocycles. The van der Waals surface area contributed by atoms with Crippen LogP contribution in [0.4, 0.5) is 0 Å². The maximum Gasteiger partial charge on any atom is 0.330 e. The summed E-state index contributed by atoms with van der Waals surface area (Å²) in [6.45, 7) is 3.41. The number of carbonyl (C=O) groups excluding carboxylic acids is 1. The van der Waals surface area contributed by atoms with Gasteiger partial charge in [-0.05, 0) is 19.4 Å². The number of aromatic nitrogens is 2. The van der Waals surface area contributed by atoms with Gasteiger partial charge in [-0.25, -0.2) is 4.79 Å². The molecule has 104 valence electrons. The smallest absolute Gasteiger partial charge is 0.330 e. The van der Waals surface area contributed by atoms with Crippen LogP contribution in [0.3, 0.4) is 0 Å². The number of H-pyrrole nitrogens is 1. The van der Waals surface area contributed by atoms with Gasteiger partial charge in [-0.2, -0.15) is 5.10 Å². The molecule has 0 aliphatic rings. The van der Waals surface area contributed by atoms with E-state index in [4.69, 9.17) is 0 Å². The molecule has 3 N–H and O–H groups in total. The van der Waals surface area contributed by atoms with Crippen LogP contribution in [0, 0.1) is 13.8 Å². The Morgan fingerprint density at radius 2 is 1.90 bits per heavy atom. The summed E-state index contributed by atoms with van der Waals surface area (Å²) in [5.41, 5.74) is 2.05. The van der Waals surface area contributed by atoms with Gasteiger partial charge < -0.3 is 10.4 Å². The molecular weight excluding hydrogens is 258 g/mol. The van der Waals surface area contributed by atoms with Gasteiger partial charge in [0.05, 0.1) is 11.3 Å². The molecule has 1 amide bonds. The molecule has 0 fully saturated rings. The highest BCUT2D eigenvalue weighted by Crippen LogP contribution is 2.15. The van der Waals surface area contributed by atoms with Gasteiger partial charge in [-0.3, -0.25) is 9.89 Å². The number of amides is 1. The lowest BCUT2D eigenvalue weighted by molar-refractivity contribution is -0.139. The molecule has 6 heteroatoms. The summed E-state index contributed by atoms with van der Waals surface area (Å²) in [4.78, 5) is 23.5. The van der Waals surface area contributed by atoms with E-state index in [0.29, 0.717) is 22.5 Å². The zero-order chi connectivity index (χ0) is 14.7. The number of nitrogens with one attached hydrogen (secondary N) is 2. The van der Waals surface area contributed by atoms with Gasteiger partial charge in [-0.15, -0.1) is 0 Å². The number of hydrogen-bond donors (Lipinski definition) is 3. The Morgan fingerprint density at radius 3 is 2.40 bits per heavy atom. The van der Waals surface area contributed by atoms with Crippen molar-refractivity contribution in [3.05, 3.63) is 52.8 Å². The number of carbonyl (C=O) groups is 2. The highest BCUT2D eigenvalue weighted by atomic mass is 16.4. The molecule has 0 aliphatic heterocycles. The van der Waals surface area contributed by atoms with Gasteiger partial charge in [0.15, 0.2) is 6.04 Å². The summed E-state index contributed by atoms with van der Waals surface area (Å²) in [5, 5.41) is 18.4. The van der Waals surface area contributed by atoms with E-state index in [1.54, 1.807) is 44.2 Å². The molecule has 0 aliphatic carbocycles. The fraction of sp³-hybridized carbons (Fsp3) is 0.214. The number of nitrogens with zero attached hydrogens (tertiary/aromatic N) is 1. The van der Waals surface area contributed by atoms with Crippen molar-refractivity contribution in [3.63, 3.8) is 0 Å². The van der Waals surface area contributed by atoms with Crippen molar-refractivity contribution in [2.75, 3.05) is 0 Å². The van der Waals surface area contributed by atoms with Gasteiger partial charge in [0.25, 0.3) is 5.91 Å². The molecule has 0 bridgehead atoms. The van der Waals surface area contributed by atoms with E-state index in [9.17, 15) is 14.7 Å². The molecule has 2 rings (SSSR count). The third-order valence-corrected chi connectivity index (χ3v) is 3.01. The molecule has 1 heterocycles. The molecular formula is C14H15N3O3. The summed E-state index contributed by atoms with van der Waals surface area (Å²) >= 11 is 0. The van der Waals surface area contributed by atoms with E-state index in [1.807, 2.05) is 0 Å². The second-order valence-corrected chi connectivity index (χ2v) is 4.46. The van der Waals surface area contributed by atoms with E-state index in [1.165, 1.54) is 0 Å². The van der Waals surface area contributed by atoms with E-state index in [-0.39, 0.29) is 0 Å². The molecule has 1 atom stereocenters. The quantitative estimate of drug-likeness (QED) is 0.788. The molecule has 1 aromatic heterocycles. The second-order valence-electron chi connectivity index (χ2n) is 4.46. The first-order valence-electron chi connectivity index (χ1n) is 6.11. The summed E-state index contributed by atoms with van der Waals surface area (Å²) in [7, 11) is 0. The molecule has 6 nitrogen and oxygen atoms in total. The predicted molar refractivity (Wildman–Crippen MR) is 72.3 cm³/mol. The van der Waals surface area contributed by atoms with E-state index < -0.39 is 17.9 Å². The minimum absolute atomic E-state index is 0.382. The zero-order valence-electron chi connectivity index (χ0n) is 11.2. The van der Waals surface area contributed by atoms with Crippen LogP contribution < -0.4 is 5.32 Å². The third-order valence-electron chi connectivity index (χ3n) is 3.01. The Hall–Kier alpha value is -2.63.